The van der Waals surface area contributed by atoms with Gasteiger partial charge in [0.15, 0.2) is 0 Å². The molecule has 1 aliphatic rings. The zero-order valence-electron chi connectivity index (χ0n) is 36.8. The van der Waals surface area contributed by atoms with Gasteiger partial charge in [0.1, 0.15) is 5.82 Å². The van der Waals surface area contributed by atoms with Crippen LogP contribution < -0.4 is 14.5 Å². The third-order valence-electron chi connectivity index (χ3n) is 11.8. The van der Waals surface area contributed by atoms with Gasteiger partial charge in [-0.25, -0.2) is 4.98 Å². The van der Waals surface area contributed by atoms with E-state index in [1.165, 1.54) is 16.7 Å². The van der Waals surface area contributed by atoms with Crippen molar-refractivity contribution in [3.8, 4) is 28.4 Å². The van der Waals surface area contributed by atoms with Crippen molar-refractivity contribution in [1.82, 2.24) is 9.55 Å². The van der Waals surface area contributed by atoms with Crippen LogP contribution >= 0.6 is 0 Å². The molecule has 0 bridgehead atoms. The summed E-state index contributed by atoms with van der Waals surface area (Å²) in [6.45, 7) is 24.6. The number of aryl methyl sites for hydroxylation is 1. The monoisotopic (exact) mass is 980 g/mol. The second-order valence-electron chi connectivity index (χ2n) is 19.2. The molecule has 0 spiro atoms. The summed E-state index contributed by atoms with van der Waals surface area (Å²) in [5, 5.41) is 2.23. The van der Waals surface area contributed by atoms with Crippen LogP contribution in [0.4, 0.5) is 22.7 Å². The first-order valence-electron chi connectivity index (χ1n) is 21.0. The molecule has 0 atom stereocenters. The average molecular weight is 981 g/mol. The van der Waals surface area contributed by atoms with Crippen molar-refractivity contribution in [2.24, 2.45) is 0 Å². The summed E-state index contributed by atoms with van der Waals surface area (Å²) in [4.78, 5) is 9.57. The number of hydrogen-bond donors (Lipinski definition) is 0. The van der Waals surface area contributed by atoms with E-state index >= 15 is 0 Å². The Labute approximate surface area is 376 Å². The normalized spacial score (nSPS) is 13.1. The van der Waals surface area contributed by atoms with E-state index in [2.05, 4.69) is 212 Å². The van der Waals surface area contributed by atoms with E-state index in [1.807, 2.05) is 24.4 Å². The number of para-hydroxylation sites is 1. The van der Waals surface area contributed by atoms with Crippen LogP contribution in [0.5, 0.6) is 11.5 Å². The molecule has 0 saturated heterocycles. The summed E-state index contributed by atoms with van der Waals surface area (Å²) in [6.07, 6.45) is 2.00. The molecule has 0 fully saturated rings. The molecular formula is C55H53N4OPt-3. The number of ether oxygens (including phenoxy) is 1. The van der Waals surface area contributed by atoms with Crippen molar-refractivity contribution in [3.05, 3.63) is 175 Å². The van der Waals surface area contributed by atoms with Gasteiger partial charge in [0, 0.05) is 66.9 Å². The molecule has 61 heavy (non-hydrogen) atoms. The second-order valence-corrected chi connectivity index (χ2v) is 19.2. The Balaban J connectivity index is 0.00000514. The molecule has 312 valence electrons. The summed E-state index contributed by atoms with van der Waals surface area (Å²) in [6, 6.07) is 52.6. The third-order valence-corrected chi connectivity index (χ3v) is 11.8. The van der Waals surface area contributed by atoms with E-state index in [4.69, 9.17) is 9.72 Å². The smallest absolute Gasteiger partial charge is 0.135 e. The maximum atomic E-state index is 6.63. The number of aromatic nitrogens is 2. The number of rotatable bonds is 6. The summed E-state index contributed by atoms with van der Waals surface area (Å²) >= 11 is 0. The van der Waals surface area contributed by atoms with Crippen molar-refractivity contribution in [2.45, 2.75) is 85.5 Å². The van der Waals surface area contributed by atoms with Crippen LogP contribution in [-0.4, -0.2) is 9.55 Å². The van der Waals surface area contributed by atoms with E-state index in [9.17, 15) is 0 Å². The van der Waals surface area contributed by atoms with Crippen molar-refractivity contribution in [3.63, 3.8) is 0 Å². The Morgan fingerprint density at radius 3 is 1.97 bits per heavy atom. The molecule has 6 aromatic carbocycles. The minimum atomic E-state index is 0. The molecule has 0 saturated carbocycles. The summed E-state index contributed by atoms with van der Waals surface area (Å²) < 4.78 is 8.82. The molecule has 1 aliphatic heterocycles. The number of benzene rings is 6. The van der Waals surface area contributed by atoms with Crippen LogP contribution in [0, 0.1) is 25.7 Å². The predicted octanol–water partition coefficient (Wildman–Crippen LogP) is 14.8. The Bertz CT molecular complexity index is 2910. The molecule has 6 heteroatoms. The van der Waals surface area contributed by atoms with E-state index < -0.39 is 0 Å². The number of pyridine rings is 1. The molecule has 5 nitrogen and oxygen atoms in total. The van der Waals surface area contributed by atoms with Crippen LogP contribution in [0.15, 0.2) is 134 Å². The first kappa shape index (κ1) is 42.1. The van der Waals surface area contributed by atoms with E-state index in [0.717, 1.165) is 67.1 Å². The van der Waals surface area contributed by atoms with Gasteiger partial charge in [-0.3, -0.25) is 0 Å². The number of nitrogens with zero attached hydrogens (tertiary/aromatic N) is 4. The SMILES string of the molecule is Cc1cc(-n2c3[c-]c(Oc4[c-]c(N5[CH-]N(c6cccc(C(C)(C)C)c6)c6cc(C(C)(C)C)ccc65)ccc4)ccc3c3ccccc32)ncc1-c1ccc(C(C)(C)C)cc1.[Pt]. The summed E-state index contributed by atoms with van der Waals surface area (Å²) in [5.74, 6) is 2.05. The number of fused-ring (bicyclic) bond motifs is 4. The maximum absolute atomic E-state index is 6.63. The molecule has 9 rings (SSSR count). The molecule has 0 unspecified atom stereocenters. The van der Waals surface area contributed by atoms with Crippen LogP contribution in [0.3, 0.4) is 0 Å². The fraction of sp³-hybridized carbons (Fsp3) is 0.236. The topological polar surface area (TPSA) is 33.5 Å². The van der Waals surface area contributed by atoms with Gasteiger partial charge in [-0.1, -0.05) is 128 Å². The molecular weight excluding hydrogens is 928 g/mol. The van der Waals surface area contributed by atoms with Crippen molar-refractivity contribution >= 4 is 44.6 Å². The van der Waals surface area contributed by atoms with Crippen LogP contribution in [0.25, 0.3) is 38.8 Å². The Morgan fingerprint density at radius 2 is 1.25 bits per heavy atom. The van der Waals surface area contributed by atoms with Gasteiger partial charge in [-0.2, -0.15) is 12.1 Å². The van der Waals surface area contributed by atoms with Crippen LogP contribution in [0.1, 0.15) is 84.6 Å². The molecule has 0 radical (unpaired) electrons. The van der Waals surface area contributed by atoms with Crippen molar-refractivity contribution in [1.29, 1.82) is 0 Å². The summed E-state index contributed by atoms with van der Waals surface area (Å²) in [5.41, 5.74) is 13.7. The molecule has 3 heterocycles. The molecule has 0 N–H and O–H groups in total. The van der Waals surface area contributed by atoms with Crippen LogP contribution in [0.2, 0.25) is 0 Å². The van der Waals surface area contributed by atoms with E-state index in [0.29, 0.717) is 11.5 Å². The Hall–Kier alpha value is -5.64. The molecule has 8 aromatic rings. The summed E-state index contributed by atoms with van der Waals surface area (Å²) in [7, 11) is 0. The van der Waals surface area contributed by atoms with Gasteiger partial charge < -0.3 is 19.1 Å². The van der Waals surface area contributed by atoms with Crippen molar-refractivity contribution in [2.75, 3.05) is 9.80 Å². The van der Waals surface area contributed by atoms with E-state index in [-0.39, 0.29) is 37.3 Å². The maximum Gasteiger partial charge on any atom is 0.135 e. The quantitative estimate of drug-likeness (QED) is 0.156. The minimum Gasteiger partial charge on any atom is -0.509 e. The fourth-order valence-corrected chi connectivity index (χ4v) is 8.19. The fourth-order valence-electron chi connectivity index (χ4n) is 8.19. The van der Waals surface area contributed by atoms with Gasteiger partial charge in [0.05, 0.1) is 0 Å². The zero-order valence-corrected chi connectivity index (χ0v) is 39.1. The minimum absolute atomic E-state index is 0. The molecule has 0 amide bonds. The van der Waals surface area contributed by atoms with Gasteiger partial charge in [0.25, 0.3) is 0 Å². The Kier molecular flexibility index (Phi) is 10.8. The molecule has 2 aromatic heterocycles. The first-order chi connectivity index (χ1) is 28.5. The van der Waals surface area contributed by atoms with Gasteiger partial charge >= 0.3 is 0 Å². The Morgan fingerprint density at radius 1 is 0.574 bits per heavy atom. The van der Waals surface area contributed by atoms with Gasteiger partial charge in [0.2, 0.25) is 0 Å². The average Bonchev–Trinajstić information content (AvgIpc) is 3.76. The van der Waals surface area contributed by atoms with E-state index in [1.54, 1.807) is 0 Å². The van der Waals surface area contributed by atoms with Gasteiger partial charge in [-0.05, 0) is 92.8 Å². The molecule has 0 aliphatic carbocycles. The van der Waals surface area contributed by atoms with Crippen molar-refractivity contribution < 1.29 is 25.8 Å². The first-order valence-corrected chi connectivity index (χ1v) is 21.0. The standard InChI is InChI=1S/C55H53N4O.Pt/c1-36-29-52(56-34-47(36)37-21-23-38(24-22-37)53(2,3)4)59-48-20-12-11-19-45(48)46-27-26-44(33-50(46)59)60-43-18-14-17-42(32-43)57-35-58(41-16-13-15-39(30-41)54(5,6)7)51-31-40(55(8,9)10)25-28-49(51)57;/h11-31,34-35H,1-10H3;/q-3;. The zero-order chi connectivity index (χ0) is 42.1. The number of anilines is 4. The largest absolute Gasteiger partial charge is 0.509 e. The third kappa shape index (κ3) is 8.01. The predicted molar refractivity (Wildman–Crippen MR) is 250 cm³/mol. The van der Waals surface area contributed by atoms with Crippen LogP contribution in [-0.2, 0) is 37.3 Å². The number of hydrogen-bond acceptors (Lipinski definition) is 4. The second kappa shape index (κ2) is 15.7. The van der Waals surface area contributed by atoms with Gasteiger partial charge in [-0.15, -0.1) is 48.1 Å².